The van der Waals surface area contributed by atoms with E-state index >= 15 is 0 Å². The topological polar surface area (TPSA) is 78.4 Å². The summed E-state index contributed by atoms with van der Waals surface area (Å²) in [4.78, 5) is 23.4. The molecule has 1 atom stereocenters. The van der Waals surface area contributed by atoms with Crippen molar-refractivity contribution in [3.8, 4) is 0 Å². The first-order chi connectivity index (χ1) is 10.9. The molecule has 1 aromatic rings. The van der Waals surface area contributed by atoms with Crippen LogP contribution in [0.4, 0.5) is 13.2 Å². The molecule has 0 aliphatic carbocycles. The summed E-state index contributed by atoms with van der Waals surface area (Å²) in [6.07, 6.45) is -4.47. The van der Waals surface area contributed by atoms with E-state index in [0.717, 1.165) is 24.3 Å². The zero-order valence-corrected chi connectivity index (χ0v) is 13.7. The molecular weight excluding hydrogens is 325 g/mol. The predicted molar refractivity (Wildman–Crippen MR) is 82.2 cm³/mol. The maximum absolute atomic E-state index is 12.4. The Hall–Kier alpha value is -2.09. The van der Waals surface area contributed by atoms with Crippen LogP contribution in [-0.2, 0) is 11.0 Å². The van der Waals surface area contributed by atoms with E-state index in [4.69, 9.17) is 0 Å². The van der Waals surface area contributed by atoms with E-state index in [0.29, 0.717) is 0 Å². The van der Waals surface area contributed by atoms with Crippen LogP contribution in [-0.4, -0.2) is 35.6 Å². The van der Waals surface area contributed by atoms with E-state index < -0.39 is 29.2 Å². The monoisotopic (exact) mass is 346 g/mol. The molecule has 0 bridgehead atoms. The van der Waals surface area contributed by atoms with Crippen molar-refractivity contribution in [1.29, 1.82) is 0 Å². The minimum atomic E-state index is -4.47. The first kappa shape index (κ1) is 20.0. The smallest absolute Gasteiger partial charge is 0.388 e. The van der Waals surface area contributed by atoms with Gasteiger partial charge in [0.15, 0.2) is 0 Å². The Labute approximate surface area is 138 Å². The predicted octanol–water partition coefficient (Wildman–Crippen LogP) is 1.96. The molecule has 1 aromatic carbocycles. The molecule has 1 unspecified atom stereocenters. The van der Waals surface area contributed by atoms with Crippen LogP contribution in [0, 0.1) is 5.92 Å². The van der Waals surface area contributed by atoms with Crippen molar-refractivity contribution in [3.05, 3.63) is 35.4 Å². The number of hydrogen-bond acceptors (Lipinski definition) is 3. The molecule has 0 aliphatic rings. The lowest BCUT2D eigenvalue weighted by Crippen LogP contribution is -2.47. The van der Waals surface area contributed by atoms with E-state index in [1.807, 2.05) is 0 Å². The number of rotatable bonds is 6. The number of benzene rings is 1. The third kappa shape index (κ3) is 5.84. The van der Waals surface area contributed by atoms with Gasteiger partial charge in [0.1, 0.15) is 0 Å². The van der Waals surface area contributed by atoms with Crippen LogP contribution >= 0.6 is 0 Å². The summed E-state index contributed by atoms with van der Waals surface area (Å²) < 4.78 is 37.3. The average molecular weight is 346 g/mol. The maximum atomic E-state index is 12.4. The molecule has 0 heterocycles. The van der Waals surface area contributed by atoms with Gasteiger partial charge in [0.05, 0.1) is 17.7 Å². The van der Waals surface area contributed by atoms with Crippen molar-refractivity contribution in [2.75, 3.05) is 13.1 Å². The molecule has 1 rings (SSSR count). The van der Waals surface area contributed by atoms with Crippen LogP contribution in [0.2, 0.25) is 0 Å². The number of aliphatic hydroxyl groups is 1. The van der Waals surface area contributed by atoms with E-state index in [9.17, 15) is 27.9 Å². The summed E-state index contributed by atoms with van der Waals surface area (Å²) >= 11 is 0. The van der Waals surface area contributed by atoms with Crippen molar-refractivity contribution in [3.63, 3.8) is 0 Å². The Morgan fingerprint density at radius 2 is 1.67 bits per heavy atom. The lowest BCUT2D eigenvalue weighted by Gasteiger charge is -2.27. The SMILES string of the molecule is CC(C)C(C)(O)CNC(=O)CNC(=O)c1ccc(C(F)(F)F)cc1. The summed E-state index contributed by atoms with van der Waals surface area (Å²) in [6.45, 7) is 4.88. The first-order valence-corrected chi connectivity index (χ1v) is 7.38. The number of amides is 2. The van der Waals surface area contributed by atoms with Crippen LogP contribution in [0.1, 0.15) is 36.7 Å². The number of alkyl halides is 3. The highest BCUT2D eigenvalue weighted by atomic mass is 19.4. The molecule has 3 N–H and O–H groups in total. The van der Waals surface area contributed by atoms with Crippen LogP contribution in [0.15, 0.2) is 24.3 Å². The number of carbonyl (C=O) groups is 2. The van der Waals surface area contributed by atoms with Crippen LogP contribution in [0.25, 0.3) is 0 Å². The van der Waals surface area contributed by atoms with E-state index in [-0.39, 0.29) is 24.6 Å². The maximum Gasteiger partial charge on any atom is 0.416 e. The highest BCUT2D eigenvalue weighted by molar-refractivity contribution is 5.96. The van der Waals surface area contributed by atoms with Gasteiger partial charge in [-0.1, -0.05) is 13.8 Å². The fraction of sp³-hybridized carbons (Fsp3) is 0.500. The summed E-state index contributed by atoms with van der Waals surface area (Å²) in [7, 11) is 0. The molecule has 5 nitrogen and oxygen atoms in total. The minimum Gasteiger partial charge on any atom is -0.388 e. The first-order valence-electron chi connectivity index (χ1n) is 7.38. The standard InChI is InChI=1S/C16H21F3N2O3/c1-10(2)15(3,24)9-21-13(22)8-20-14(23)11-4-6-12(7-5-11)16(17,18)19/h4-7,10,24H,8-9H2,1-3H3,(H,20,23)(H,21,22). The third-order valence-electron chi connectivity index (χ3n) is 3.77. The molecule has 0 saturated heterocycles. The number of nitrogens with one attached hydrogen (secondary N) is 2. The fourth-order valence-electron chi connectivity index (χ4n) is 1.62. The molecule has 0 fully saturated rings. The largest absolute Gasteiger partial charge is 0.416 e. The van der Waals surface area contributed by atoms with E-state index in [1.54, 1.807) is 20.8 Å². The summed E-state index contributed by atoms with van der Waals surface area (Å²) in [5.41, 5.74) is -1.91. The van der Waals surface area contributed by atoms with Gasteiger partial charge < -0.3 is 15.7 Å². The van der Waals surface area contributed by atoms with Gasteiger partial charge in [0.2, 0.25) is 5.91 Å². The van der Waals surface area contributed by atoms with Crippen LogP contribution in [0.5, 0.6) is 0 Å². The van der Waals surface area contributed by atoms with Gasteiger partial charge >= 0.3 is 6.18 Å². The summed E-state index contributed by atoms with van der Waals surface area (Å²) in [6, 6.07) is 3.68. The number of carbonyl (C=O) groups excluding carboxylic acids is 2. The van der Waals surface area contributed by atoms with Gasteiger partial charge in [-0.25, -0.2) is 0 Å². The molecule has 0 radical (unpaired) electrons. The summed E-state index contributed by atoms with van der Waals surface area (Å²) in [5.74, 6) is -1.23. The number of halogens is 3. The lowest BCUT2D eigenvalue weighted by molar-refractivity contribution is -0.137. The molecule has 2 amide bonds. The fourth-order valence-corrected chi connectivity index (χ4v) is 1.62. The van der Waals surface area contributed by atoms with Gasteiger partial charge in [-0.2, -0.15) is 13.2 Å². The molecule has 0 spiro atoms. The highest BCUT2D eigenvalue weighted by Crippen LogP contribution is 2.29. The van der Waals surface area contributed by atoms with Crippen molar-refractivity contribution in [2.24, 2.45) is 5.92 Å². The van der Waals surface area contributed by atoms with Gasteiger partial charge in [0.25, 0.3) is 5.91 Å². The van der Waals surface area contributed by atoms with Crippen molar-refractivity contribution < 1.29 is 27.9 Å². The highest BCUT2D eigenvalue weighted by Gasteiger charge is 2.30. The summed E-state index contributed by atoms with van der Waals surface area (Å²) in [5, 5.41) is 14.8. The molecule has 0 aliphatic heterocycles. The van der Waals surface area contributed by atoms with E-state index in [2.05, 4.69) is 10.6 Å². The van der Waals surface area contributed by atoms with Crippen LogP contribution < -0.4 is 10.6 Å². The lowest BCUT2D eigenvalue weighted by atomic mass is 9.92. The van der Waals surface area contributed by atoms with Crippen molar-refractivity contribution in [2.45, 2.75) is 32.5 Å². The Morgan fingerprint density at radius 1 is 1.12 bits per heavy atom. The molecular formula is C16H21F3N2O3. The Morgan fingerprint density at radius 3 is 2.12 bits per heavy atom. The second-order valence-electron chi connectivity index (χ2n) is 6.05. The molecule has 24 heavy (non-hydrogen) atoms. The minimum absolute atomic E-state index is 0.0185. The second kappa shape index (κ2) is 7.65. The normalized spacial score (nSPS) is 14.2. The molecule has 0 saturated carbocycles. The Bertz CT molecular complexity index is 581. The molecule has 0 aromatic heterocycles. The second-order valence-corrected chi connectivity index (χ2v) is 6.05. The zero-order chi connectivity index (χ0) is 18.5. The average Bonchev–Trinajstić information content (AvgIpc) is 2.49. The van der Waals surface area contributed by atoms with Gasteiger partial charge in [-0.15, -0.1) is 0 Å². The third-order valence-corrected chi connectivity index (χ3v) is 3.77. The Kier molecular flexibility index (Phi) is 6.36. The van der Waals surface area contributed by atoms with Gasteiger partial charge in [-0.05, 0) is 37.1 Å². The zero-order valence-electron chi connectivity index (χ0n) is 13.7. The van der Waals surface area contributed by atoms with Crippen molar-refractivity contribution in [1.82, 2.24) is 10.6 Å². The van der Waals surface area contributed by atoms with Gasteiger partial charge in [0, 0.05) is 12.1 Å². The van der Waals surface area contributed by atoms with Gasteiger partial charge in [-0.3, -0.25) is 9.59 Å². The Balaban J connectivity index is 2.50. The van der Waals surface area contributed by atoms with Crippen LogP contribution in [0.3, 0.4) is 0 Å². The quantitative estimate of drug-likeness (QED) is 0.737. The molecule has 8 heteroatoms. The van der Waals surface area contributed by atoms with E-state index in [1.165, 1.54) is 0 Å². The molecule has 134 valence electrons. The number of hydrogen-bond donors (Lipinski definition) is 3. The van der Waals surface area contributed by atoms with Crippen molar-refractivity contribution >= 4 is 11.8 Å².